The van der Waals surface area contributed by atoms with Crippen LogP contribution in [-0.4, -0.2) is 28.3 Å². The normalized spacial score (nSPS) is 17.3. The molecule has 3 heterocycles. The van der Waals surface area contributed by atoms with Crippen LogP contribution in [0, 0.1) is 19.3 Å². The molecule has 0 atom stereocenters. The van der Waals surface area contributed by atoms with Gasteiger partial charge < -0.3 is 4.90 Å². The molecule has 0 radical (unpaired) electrons. The summed E-state index contributed by atoms with van der Waals surface area (Å²) in [4.78, 5) is 31.8. The van der Waals surface area contributed by atoms with Crippen LogP contribution < -0.4 is 10.5 Å². The van der Waals surface area contributed by atoms with Gasteiger partial charge in [-0.3, -0.25) is 14.0 Å². The Bertz CT molecular complexity index is 870. The summed E-state index contributed by atoms with van der Waals surface area (Å²) in [7, 11) is 0. The van der Waals surface area contributed by atoms with Crippen molar-refractivity contribution in [3.8, 4) is 0 Å². The molecule has 1 saturated heterocycles. The lowest BCUT2D eigenvalue weighted by molar-refractivity contribution is 0.101. The number of carbonyl (C=O) groups excluding carboxylic acids is 1. The topological polar surface area (TPSA) is 54.7 Å². The van der Waals surface area contributed by atoms with Gasteiger partial charge in [0, 0.05) is 19.3 Å². The first-order chi connectivity index (χ1) is 11.2. The van der Waals surface area contributed by atoms with Crippen molar-refractivity contribution in [2.24, 2.45) is 5.41 Å². The first-order valence-corrected chi connectivity index (χ1v) is 8.49. The molecule has 0 aliphatic carbocycles. The summed E-state index contributed by atoms with van der Waals surface area (Å²) in [5.41, 5.74) is 2.73. The van der Waals surface area contributed by atoms with Gasteiger partial charge in [0.25, 0.3) is 5.56 Å². The van der Waals surface area contributed by atoms with E-state index < -0.39 is 0 Å². The van der Waals surface area contributed by atoms with Gasteiger partial charge in [0.05, 0.1) is 11.1 Å². The van der Waals surface area contributed by atoms with E-state index in [1.807, 2.05) is 19.9 Å². The number of fused-ring (bicyclic) bond motifs is 1. The highest BCUT2D eigenvalue weighted by atomic mass is 16.1. The maximum absolute atomic E-state index is 12.8. The smallest absolute Gasteiger partial charge is 0.262 e. The van der Waals surface area contributed by atoms with Gasteiger partial charge in [-0.2, -0.15) is 0 Å². The fraction of sp³-hybridized carbons (Fsp3) is 0.526. The van der Waals surface area contributed by atoms with Crippen molar-refractivity contribution in [1.29, 1.82) is 0 Å². The van der Waals surface area contributed by atoms with Crippen molar-refractivity contribution in [3.63, 3.8) is 0 Å². The summed E-state index contributed by atoms with van der Waals surface area (Å²) in [5.74, 6) is 0.652. The molecule has 1 aliphatic rings. The Morgan fingerprint density at radius 2 is 1.83 bits per heavy atom. The molecule has 1 fully saturated rings. The number of carbonyl (C=O) groups is 1. The maximum atomic E-state index is 12.8. The van der Waals surface area contributed by atoms with E-state index >= 15 is 0 Å². The maximum Gasteiger partial charge on any atom is 0.262 e. The number of pyridine rings is 1. The predicted molar refractivity (Wildman–Crippen MR) is 96.2 cm³/mol. The average Bonchev–Trinajstić information content (AvgIpc) is 2.51. The van der Waals surface area contributed by atoms with Crippen molar-refractivity contribution in [1.82, 2.24) is 9.38 Å². The molecule has 0 unspecified atom stereocenters. The van der Waals surface area contributed by atoms with Crippen LogP contribution >= 0.6 is 0 Å². The van der Waals surface area contributed by atoms with Gasteiger partial charge in [0.2, 0.25) is 0 Å². The number of ketones is 1. The number of rotatable bonds is 2. The number of hydrogen-bond acceptors (Lipinski definition) is 4. The highest BCUT2D eigenvalue weighted by Crippen LogP contribution is 2.32. The molecule has 0 N–H and O–H groups in total. The molecule has 24 heavy (non-hydrogen) atoms. The fourth-order valence-electron chi connectivity index (χ4n) is 3.34. The summed E-state index contributed by atoms with van der Waals surface area (Å²) >= 11 is 0. The van der Waals surface area contributed by atoms with E-state index in [1.165, 1.54) is 11.3 Å². The molecular formula is C19H25N3O2. The predicted octanol–water partition coefficient (Wildman–Crippen LogP) is 3.14. The number of piperidine rings is 1. The minimum atomic E-state index is -0.0916. The summed E-state index contributed by atoms with van der Waals surface area (Å²) in [6.07, 6.45) is 3.90. The Morgan fingerprint density at radius 1 is 1.21 bits per heavy atom. The third-order valence-corrected chi connectivity index (χ3v) is 5.06. The second-order valence-corrected chi connectivity index (χ2v) is 7.70. The summed E-state index contributed by atoms with van der Waals surface area (Å²) in [5, 5.41) is 0. The standard InChI is InChI=1S/C19H25N3O2/c1-12-10-15(14(3)23)17-20-16(13(2)18(24)22(17)11-12)21-8-6-19(4,5)7-9-21/h10-11H,6-9H2,1-5H3. The highest BCUT2D eigenvalue weighted by Gasteiger charge is 2.28. The first-order valence-electron chi connectivity index (χ1n) is 8.49. The molecule has 5 nitrogen and oxygen atoms in total. The van der Waals surface area contributed by atoms with E-state index in [2.05, 4.69) is 18.7 Å². The zero-order valence-corrected chi connectivity index (χ0v) is 15.1. The minimum Gasteiger partial charge on any atom is -0.356 e. The van der Waals surface area contributed by atoms with Gasteiger partial charge in [0.15, 0.2) is 11.4 Å². The molecule has 3 rings (SSSR count). The zero-order chi connectivity index (χ0) is 17.6. The SMILES string of the molecule is CC(=O)c1cc(C)cn2c(=O)c(C)c(N3CCC(C)(C)CC3)nc12. The van der Waals surface area contributed by atoms with Gasteiger partial charge in [-0.15, -0.1) is 0 Å². The largest absolute Gasteiger partial charge is 0.356 e. The summed E-state index contributed by atoms with van der Waals surface area (Å²) in [6, 6.07) is 1.81. The van der Waals surface area contributed by atoms with Crippen molar-refractivity contribution in [2.75, 3.05) is 18.0 Å². The molecule has 0 aromatic carbocycles. The second kappa shape index (κ2) is 5.72. The number of aryl methyl sites for hydroxylation is 1. The van der Waals surface area contributed by atoms with Crippen LogP contribution in [0.5, 0.6) is 0 Å². The van der Waals surface area contributed by atoms with Crippen LogP contribution in [0.4, 0.5) is 5.82 Å². The molecule has 2 aromatic rings. The van der Waals surface area contributed by atoms with E-state index in [-0.39, 0.29) is 11.3 Å². The summed E-state index contributed by atoms with van der Waals surface area (Å²) < 4.78 is 1.51. The Morgan fingerprint density at radius 3 is 2.42 bits per heavy atom. The minimum absolute atomic E-state index is 0.0716. The molecule has 2 aromatic heterocycles. The van der Waals surface area contributed by atoms with Crippen LogP contribution in [-0.2, 0) is 0 Å². The summed E-state index contributed by atoms with van der Waals surface area (Å²) in [6.45, 7) is 11.5. The van der Waals surface area contributed by atoms with Crippen molar-refractivity contribution in [3.05, 3.63) is 39.3 Å². The van der Waals surface area contributed by atoms with Gasteiger partial charge in [-0.25, -0.2) is 4.98 Å². The lowest BCUT2D eigenvalue weighted by Gasteiger charge is -2.38. The molecule has 0 spiro atoms. The molecule has 0 saturated carbocycles. The van der Waals surface area contributed by atoms with E-state index in [9.17, 15) is 9.59 Å². The van der Waals surface area contributed by atoms with E-state index in [0.717, 1.165) is 37.3 Å². The Balaban J connectivity index is 2.18. The lowest BCUT2D eigenvalue weighted by Crippen LogP contribution is -2.39. The van der Waals surface area contributed by atoms with Gasteiger partial charge in [-0.05, 0) is 50.7 Å². The number of aromatic nitrogens is 2. The van der Waals surface area contributed by atoms with Gasteiger partial charge in [-0.1, -0.05) is 13.8 Å². The van der Waals surface area contributed by atoms with Crippen molar-refractivity contribution >= 4 is 17.2 Å². The van der Waals surface area contributed by atoms with Crippen LogP contribution in [0.1, 0.15) is 55.1 Å². The van der Waals surface area contributed by atoms with Crippen LogP contribution in [0.25, 0.3) is 5.65 Å². The van der Waals surface area contributed by atoms with Crippen LogP contribution in [0.2, 0.25) is 0 Å². The number of Topliss-reactive ketones (excluding diaryl/α,β-unsaturated/α-hetero) is 1. The van der Waals surface area contributed by atoms with Gasteiger partial charge >= 0.3 is 0 Å². The molecular weight excluding hydrogens is 302 g/mol. The molecule has 5 heteroatoms. The van der Waals surface area contributed by atoms with Gasteiger partial charge in [0.1, 0.15) is 5.82 Å². The highest BCUT2D eigenvalue weighted by molar-refractivity contribution is 6.00. The quantitative estimate of drug-likeness (QED) is 0.795. The van der Waals surface area contributed by atoms with Crippen LogP contribution in [0.15, 0.2) is 17.1 Å². The average molecular weight is 327 g/mol. The van der Waals surface area contributed by atoms with Crippen molar-refractivity contribution < 1.29 is 4.79 Å². The van der Waals surface area contributed by atoms with Crippen molar-refractivity contribution in [2.45, 2.75) is 47.5 Å². The Kier molecular flexibility index (Phi) is 3.98. The Labute approximate surface area is 142 Å². The fourth-order valence-corrected chi connectivity index (χ4v) is 3.34. The molecule has 0 bridgehead atoms. The first kappa shape index (κ1) is 16.7. The van der Waals surface area contributed by atoms with Crippen LogP contribution in [0.3, 0.4) is 0 Å². The monoisotopic (exact) mass is 327 g/mol. The molecule has 128 valence electrons. The van der Waals surface area contributed by atoms with E-state index in [4.69, 9.17) is 4.98 Å². The third kappa shape index (κ3) is 2.83. The number of anilines is 1. The van der Waals surface area contributed by atoms with E-state index in [1.54, 1.807) is 6.20 Å². The second-order valence-electron chi connectivity index (χ2n) is 7.70. The van der Waals surface area contributed by atoms with E-state index in [0.29, 0.717) is 22.2 Å². The Hall–Kier alpha value is -2.17. The molecule has 0 amide bonds. The third-order valence-electron chi connectivity index (χ3n) is 5.06. The lowest BCUT2D eigenvalue weighted by atomic mass is 9.82. The zero-order valence-electron chi connectivity index (χ0n) is 15.1. The number of hydrogen-bond donors (Lipinski definition) is 0. The number of nitrogens with zero attached hydrogens (tertiary/aromatic N) is 3. The molecule has 1 aliphatic heterocycles.